The minimum Gasteiger partial charge on any atom is -0.338 e. The Balaban J connectivity index is 1.45. The van der Waals surface area contributed by atoms with E-state index in [-0.39, 0.29) is 29.5 Å². The summed E-state index contributed by atoms with van der Waals surface area (Å²) in [4.78, 5) is 37.0. The SMILES string of the molecule is N=C1N[C@](CCCC(F)(F)F)(c2ccc(F)cc2)C(=O)N1Cc1ccc(C(F)(F)F)c(C(=O)N2Cc3cnc(Cl)nc3C2)c1. The average molecular weight is 643 g/mol. The lowest BCUT2D eigenvalue weighted by Crippen LogP contribution is -2.44. The summed E-state index contributed by atoms with van der Waals surface area (Å²) in [6.45, 7) is -0.661. The molecule has 2 aromatic carbocycles. The van der Waals surface area contributed by atoms with E-state index in [1.807, 2.05) is 0 Å². The second-order valence-corrected chi connectivity index (χ2v) is 10.7. The van der Waals surface area contributed by atoms with Crippen molar-refractivity contribution in [2.24, 2.45) is 0 Å². The first kappa shape index (κ1) is 31.2. The number of hydrogen-bond acceptors (Lipinski definition) is 5. The molecular weight excluding hydrogens is 621 g/mol. The molecule has 3 aromatic rings. The van der Waals surface area contributed by atoms with Crippen molar-refractivity contribution in [3.63, 3.8) is 0 Å². The maximum absolute atomic E-state index is 14.0. The molecule has 2 aliphatic rings. The first-order valence-electron chi connectivity index (χ1n) is 13.1. The van der Waals surface area contributed by atoms with Crippen LogP contribution in [0.4, 0.5) is 30.7 Å². The molecule has 3 heterocycles. The number of benzene rings is 2. The van der Waals surface area contributed by atoms with Gasteiger partial charge in [0.15, 0.2) is 5.96 Å². The summed E-state index contributed by atoms with van der Waals surface area (Å²) in [7, 11) is 0. The van der Waals surface area contributed by atoms with Gasteiger partial charge in [0.25, 0.3) is 11.8 Å². The second-order valence-electron chi connectivity index (χ2n) is 10.4. The number of carbonyl (C=O) groups is 2. The lowest BCUT2D eigenvalue weighted by atomic mass is 9.84. The average Bonchev–Trinajstić information content (AvgIpc) is 3.46. The number of nitrogens with one attached hydrogen (secondary N) is 2. The Hall–Kier alpha value is -4.27. The molecule has 2 aliphatic heterocycles. The van der Waals surface area contributed by atoms with Crippen molar-refractivity contribution in [2.45, 2.75) is 56.8 Å². The van der Waals surface area contributed by atoms with Crippen molar-refractivity contribution in [1.82, 2.24) is 25.1 Å². The minimum atomic E-state index is -4.91. The Morgan fingerprint density at radius 3 is 2.43 bits per heavy atom. The normalized spacial score (nSPS) is 18.5. The molecule has 0 bridgehead atoms. The monoisotopic (exact) mass is 642 g/mol. The summed E-state index contributed by atoms with van der Waals surface area (Å²) in [5, 5.41) is 11.0. The third-order valence-corrected chi connectivity index (χ3v) is 7.62. The van der Waals surface area contributed by atoms with E-state index < -0.39 is 78.4 Å². The van der Waals surface area contributed by atoms with Gasteiger partial charge in [-0.05, 0) is 59.8 Å². The fourth-order valence-electron chi connectivity index (χ4n) is 5.34. The third-order valence-electron chi connectivity index (χ3n) is 7.44. The van der Waals surface area contributed by atoms with Crippen LogP contribution >= 0.6 is 11.6 Å². The van der Waals surface area contributed by atoms with Gasteiger partial charge in [-0.3, -0.25) is 19.9 Å². The van der Waals surface area contributed by atoms with Crippen LogP contribution < -0.4 is 5.32 Å². The molecule has 0 radical (unpaired) electrons. The molecule has 8 nitrogen and oxygen atoms in total. The van der Waals surface area contributed by atoms with Gasteiger partial charge in [-0.2, -0.15) is 26.3 Å². The predicted molar refractivity (Wildman–Crippen MR) is 141 cm³/mol. The van der Waals surface area contributed by atoms with E-state index in [4.69, 9.17) is 17.0 Å². The number of guanidine groups is 1. The highest BCUT2D eigenvalue weighted by Gasteiger charge is 2.51. The van der Waals surface area contributed by atoms with Crippen LogP contribution in [-0.2, 0) is 36.1 Å². The highest BCUT2D eigenvalue weighted by Crippen LogP contribution is 2.38. The summed E-state index contributed by atoms with van der Waals surface area (Å²) < 4.78 is 94.4. The number of alkyl halides is 6. The first-order valence-corrected chi connectivity index (χ1v) is 13.5. The number of amides is 2. The van der Waals surface area contributed by atoms with E-state index in [2.05, 4.69) is 15.3 Å². The van der Waals surface area contributed by atoms with Crippen LogP contribution in [0.3, 0.4) is 0 Å². The molecule has 232 valence electrons. The summed E-state index contributed by atoms with van der Waals surface area (Å²) in [5.41, 5.74) is -2.73. The number of fused-ring (bicyclic) bond motifs is 1. The van der Waals surface area contributed by atoms with Gasteiger partial charge >= 0.3 is 12.4 Å². The molecule has 2 amide bonds. The predicted octanol–water partition coefficient (Wildman–Crippen LogP) is 5.94. The van der Waals surface area contributed by atoms with Crippen molar-refractivity contribution in [1.29, 1.82) is 5.41 Å². The third kappa shape index (κ3) is 6.18. The lowest BCUT2D eigenvalue weighted by Gasteiger charge is -2.28. The van der Waals surface area contributed by atoms with E-state index in [1.54, 1.807) is 0 Å². The van der Waals surface area contributed by atoms with Crippen molar-refractivity contribution in [3.8, 4) is 0 Å². The summed E-state index contributed by atoms with van der Waals surface area (Å²) >= 11 is 5.80. The number of nitrogens with zero attached hydrogens (tertiary/aromatic N) is 4. The van der Waals surface area contributed by atoms with Crippen LogP contribution in [0.1, 0.15) is 57.6 Å². The van der Waals surface area contributed by atoms with Gasteiger partial charge in [-0.25, -0.2) is 14.4 Å². The Kier molecular flexibility index (Phi) is 8.03. The maximum atomic E-state index is 14.0. The van der Waals surface area contributed by atoms with Crippen LogP contribution in [0.5, 0.6) is 0 Å². The van der Waals surface area contributed by atoms with Gasteiger partial charge in [-0.1, -0.05) is 18.2 Å². The molecule has 1 fully saturated rings. The number of carbonyl (C=O) groups excluding carboxylic acids is 2. The minimum absolute atomic E-state index is 0.0472. The van der Waals surface area contributed by atoms with E-state index >= 15 is 0 Å². The van der Waals surface area contributed by atoms with Crippen LogP contribution in [0.25, 0.3) is 0 Å². The van der Waals surface area contributed by atoms with Crippen molar-refractivity contribution in [3.05, 3.63) is 93.3 Å². The Morgan fingerprint density at radius 1 is 1.07 bits per heavy atom. The van der Waals surface area contributed by atoms with Crippen molar-refractivity contribution >= 4 is 29.4 Å². The van der Waals surface area contributed by atoms with E-state index in [0.717, 1.165) is 34.1 Å². The summed E-state index contributed by atoms with van der Waals surface area (Å²) in [5.74, 6) is -3.00. The second kappa shape index (κ2) is 11.3. The molecule has 1 saturated heterocycles. The highest BCUT2D eigenvalue weighted by molar-refractivity contribution is 6.28. The molecule has 0 spiro atoms. The van der Waals surface area contributed by atoms with Crippen LogP contribution in [-0.4, -0.2) is 43.7 Å². The van der Waals surface area contributed by atoms with Gasteiger partial charge in [0.05, 0.1) is 29.9 Å². The maximum Gasteiger partial charge on any atom is 0.417 e. The zero-order chi connectivity index (χ0) is 32.0. The smallest absolute Gasteiger partial charge is 0.338 e. The quantitative estimate of drug-likeness (QED) is 0.246. The highest BCUT2D eigenvalue weighted by atomic mass is 35.5. The van der Waals surface area contributed by atoms with Gasteiger partial charge in [0.2, 0.25) is 5.28 Å². The zero-order valence-electron chi connectivity index (χ0n) is 22.5. The van der Waals surface area contributed by atoms with Crippen LogP contribution in [0.2, 0.25) is 5.28 Å². The number of hydrogen-bond donors (Lipinski definition) is 2. The molecule has 16 heteroatoms. The molecular formula is C28H22ClF7N6O2. The molecule has 2 N–H and O–H groups in total. The molecule has 1 aromatic heterocycles. The van der Waals surface area contributed by atoms with Crippen LogP contribution in [0.15, 0.2) is 48.7 Å². The molecule has 0 saturated carbocycles. The van der Waals surface area contributed by atoms with E-state index in [1.165, 1.54) is 18.3 Å². The molecule has 0 unspecified atom stereocenters. The van der Waals surface area contributed by atoms with Crippen molar-refractivity contribution in [2.75, 3.05) is 0 Å². The van der Waals surface area contributed by atoms with E-state index in [9.17, 15) is 40.3 Å². The lowest BCUT2D eigenvalue weighted by molar-refractivity contribution is -0.140. The zero-order valence-corrected chi connectivity index (χ0v) is 23.2. The Bertz CT molecular complexity index is 1630. The number of rotatable bonds is 7. The fourth-order valence-corrected chi connectivity index (χ4v) is 5.49. The largest absolute Gasteiger partial charge is 0.417 e. The Labute approximate surface area is 250 Å². The van der Waals surface area contributed by atoms with E-state index in [0.29, 0.717) is 17.3 Å². The summed E-state index contributed by atoms with van der Waals surface area (Å²) in [6, 6.07) is 7.17. The standard InChI is InChI=1S/C28H22ClF7N6O2/c29-24-38-11-16-13-41(14-21(16)39-24)22(43)19-10-15(2-7-20(19)28(34,35)36)12-42-23(44)26(40-25(42)37,8-1-9-27(31,32)33)17-3-5-18(30)6-4-17/h2-7,10-11H,1,8-9,12-14H2,(H2,37,40)/t26-/m1/s1. The number of halogens is 8. The molecule has 5 rings (SSSR count). The Morgan fingerprint density at radius 2 is 1.77 bits per heavy atom. The van der Waals surface area contributed by atoms with Gasteiger partial charge in [0.1, 0.15) is 11.4 Å². The molecule has 1 atom stereocenters. The van der Waals surface area contributed by atoms with Gasteiger partial charge in [0, 0.05) is 24.7 Å². The number of aromatic nitrogens is 2. The van der Waals surface area contributed by atoms with Gasteiger partial charge < -0.3 is 10.2 Å². The first-order chi connectivity index (χ1) is 20.6. The van der Waals surface area contributed by atoms with Crippen LogP contribution in [0, 0.1) is 11.2 Å². The van der Waals surface area contributed by atoms with Gasteiger partial charge in [-0.15, -0.1) is 0 Å². The topological polar surface area (TPSA) is 102 Å². The summed E-state index contributed by atoms with van der Waals surface area (Å²) in [6.07, 6.45) is -10.2. The molecule has 0 aliphatic carbocycles. The fraction of sp³-hybridized carbons (Fsp3) is 0.321. The van der Waals surface area contributed by atoms with Crippen molar-refractivity contribution < 1.29 is 40.3 Å². The molecule has 44 heavy (non-hydrogen) atoms.